The van der Waals surface area contributed by atoms with Crippen LogP contribution in [0, 0.1) is 0 Å². The minimum atomic E-state index is 0.404. The van der Waals surface area contributed by atoms with Crippen LogP contribution in [-0.4, -0.2) is 30.6 Å². The lowest BCUT2D eigenvalue weighted by Gasteiger charge is -2.30. The molecule has 0 aromatic heterocycles. The number of nitrogens with two attached hydrogens (primary N) is 1. The van der Waals surface area contributed by atoms with Crippen LogP contribution < -0.4 is 5.73 Å². The molecule has 0 saturated carbocycles. The molecular weight excluding hydrogens is 172 g/mol. The van der Waals surface area contributed by atoms with E-state index in [2.05, 4.69) is 18.1 Å². The second-order valence-electron chi connectivity index (χ2n) is 3.79. The van der Waals surface area contributed by atoms with E-state index in [0.29, 0.717) is 6.04 Å². The summed E-state index contributed by atoms with van der Waals surface area (Å²) in [5, 5.41) is 0. The van der Waals surface area contributed by atoms with Crippen molar-refractivity contribution in [1.29, 1.82) is 0 Å². The first-order chi connectivity index (χ1) is 6.76. The molecule has 14 heavy (non-hydrogen) atoms. The van der Waals surface area contributed by atoms with Crippen LogP contribution in [0.15, 0.2) is 37.0 Å². The Labute approximate surface area is 86.8 Å². The topological polar surface area (TPSA) is 29.3 Å². The molecule has 1 heterocycles. The molecule has 0 spiro atoms. The average Bonchev–Trinajstić information content (AvgIpc) is 2.20. The molecule has 78 valence electrons. The molecule has 0 unspecified atom stereocenters. The van der Waals surface area contributed by atoms with Gasteiger partial charge in [0.2, 0.25) is 0 Å². The highest BCUT2D eigenvalue weighted by Gasteiger charge is 2.15. The molecule has 1 aliphatic rings. The second kappa shape index (κ2) is 5.78. The fourth-order valence-corrected chi connectivity index (χ4v) is 1.71. The third kappa shape index (κ3) is 3.48. The summed E-state index contributed by atoms with van der Waals surface area (Å²) >= 11 is 0. The Hall–Kier alpha value is -0.860. The molecule has 0 aromatic carbocycles. The molecule has 1 saturated heterocycles. The van der Waals surface area contributed by atoms with Crippen LogP contribution in [0.3, 0.4) is 0 Å². The maximum absolute atomic E-state index is 5.84. The van der Waals surface area contributed by atoms with Gasteiger partial charge < -0.3 is 5.73 Å². The standard InChI is InChI=1S/C12H20N2/c1-3-5-11(4-2)10-14-8-6-12(13)7-9-14/h3-5,12H,1-2,6-10,13H2/b11-5+. The molecule has 0 amide bonds. The van der Waals surface area contributed by atoms with E-state index in [4.69, 9.17) is 5.73 Å². The van der Waals surface area contributed by atoms with E-state index >= 15 is 0 Å². The lowest BCUT2D eigenvalue weighted by molar-refractivity contribution is 0.230. The highest BCUT2D eigenvalue weighted by atomic mass is 15.1. The van der Waals surface area contributed by atoms with E-state index in [1.807, 2.05) is 18.2 Å². The van der Waals surface area contributed by atoms with Gasteiger partial charge in [-0.05, 0) is 31.5 Å². The van der Waals surface area contributed by atoms with Crippen LogP contribution in [0.25, 0.3) is 0 Å². The maximum Gasteiger partial charge on any atom is 0.0233 e. The molecule has 0 aliphatic carbocycles. The second-order valence-corrected chi connectivity index (χ2v) is 3.79. The summed E-state index contributed by atoms with van der Waals surface area (Å²) in [7, 11) is 0. The summed E-state index contributed by atoms with van der Waals surface area (Å²) in [4.78, 5) is 2.42. The van der Waals surface area contributed by atoms with Crippen molar-refractivity contribution in [3.63, 3.8) is 0 Å². The summed E-state index contributed by atoms with van der Waals surface area (Å²) < 4.78 is 0. The highest BCUT2D eigenvalue weighted by Crippen LogP contribution is 2.10. The summed E-state index contributed by atoms with van der Waals surface area (Å²) in [5.74, 6) is 0. The zero-order valence-corrected chi connectivity index (χ0v) is 8.78. The van der Waals surface area contributed by atoms with E-state index in [1.165, 1.54) is 5.57 Å². The lowest BCUT2D eigenvalue weighted by atomic mass is 10.1. The van der Waals surface area contributed by atoms with Gasteiger partial charge in [-0.15, -0.1) is 0 Å². The average molecular weight is 192 g/mol. The highest BCUT2D eigenvalue weighted by molar-refractivity contribution is 5.22. The first-order valence-corrected chi connectivity index (χ1v) is 5.18. The molecule has 2 heteroatoms. The van der Waals surface area contributed by atoms with E-state index in [-0.39, 0.29) is 0 Å². The van der Waals surface area contributed by atoms with Crippen molar-refractivity contribution < 1.29 is 0 Å². The van der Waals surface area contributed by atoms with Gasteiger partial charge in [-0.3, -0.25) is 4.90 Å². The number of hydrogen-bond donors (Lipinski definition) is 1. The molecule has 2 N–H and O–H groups in total. The van der Waals surface area contributed by atoms with Crippen molar-refractivity contribution in [2.45, 2.75) is 18.9 Å². The van der Waals surface area contributed by atoms with Gasteiger partial charge in [0.25, 0.3) is 0 Å². The molecule has 0 bridgehead atoms. The maximum atomic E-state index is 5.84. The Morgan fingerprint density at radius 3 is 2.50 bits per heavy atom. The smallest absolute Gasteiger partial charge is 0.0233 e. The van der Waals surface area contributed by atoms with Crippen LogP contribution in [0.2, 0.25) is 0 Å². The minimum Gasteiger partial charge on any atom is -0.328 e. The summed E-state index contributed by atoms with van der Waals surface area (Å²) in [6.07, 6.45) is 7.95. The summed E-state index contributed by atoms with van der Waals surface area (Å²) in [6.45, 7) is 10.7. The SMILES string of the molecule is C=C/C=C(\C=C)CN1CCC(N)CC1. The number of piperidine rings is 1. The van der Waals surface area contributed by atoms with Crippen LogP contribution in [-0.2, 0) is 0 Å². The predicted octanol–water partition coefficient (Wildman–Crippen LogP) is 1.71. The molecule has 1 rings (SSSR count). The molecule has 0 radical (unpaired) electrons. The summed E-state index contributed by atoms with van der Waals surface area (Å²) in [5.41, 5.74) is 7.07. The zero-order valence-electron chi connectivity index (χ0n) is 8.78. The van der Waals surface area contributed by atoms with Gasteiger partial charge in [0.05, 0.1) is 0 Å². The number of rotatable bonds is 4. The summed E-state index contributed by atoms with van der Waals surface area (Å²) in [6, 6.07) is 0.404. The Balaban J connectivity index is 2.39. The van der Waals surface area contributed by atoms with E-state index in [9.17, 15) is 0 Å². The fraction of sp³-hybridized carbons (Fsp3) is 0.500. The van der Waals surface area contributed by atoms with Crippen molar-refractivity contribution >= 4 is 0 Å². The van der Waals surface area contributed by atoms with E-state index < -0.39 is 0 Å². The Morgan fingerprint density at radius 2 is 2.00 bits per heavy atom. The quantitative estimate of drug-likeness (QED) is 0.687. The minimum absolute atomic E-state index is 0.404. The Morgan fingerprint density at radius 1 is 1.36 bits per heavy atom. The van der Waals surface area contributed by atoms with Gasteiger partial charge in [-0.25, -0.2) is 0 Å². The molecule has 1 fully saturated rings. The van der Waals surface area contributed by atoms with Gasteiger partial charge in [0, 0.05) is 12.6 Å². The van der Waals surface area contributed by atoms with Gasteiger partial charge >= 0.3 is 0 Å². The van der Waals surface area contributed by atoms with E-state index in [0.717, 1.165) is 32.5 Å². The van der Waals surface area contributed by atoms with Crippen molar-refractivity contribution in [2.75, 3.05) is 19.6 Å². The van der Waals surface area contributed by atoms with Gasteiger partial charge in [0.1, 0.15) is 0 Å². The van der Waals surface area contributed by atoms with Crippen LogP contribution in [0.4, 0.5) is 0 Å². The van der Waals surface area contributed by atoms with Gasteiger partial charge in [0.15, 0.2) is 0 Å². The third-order valence-electron chi connectivity index (χ3n) is 2.63. The molecule has 2 nitrogen and oxygen atoms in total. The van der Waals surface area contributed by atoms with Crippen LogP contribution in [0.1, 0.15) is 12.8 Å². The Bertz CT molecular complexity index is 222. The zero-order chi connectivity index (χ0) is 10.4. The normalized spacial score (nSPS) is 20.8. The Kier molecular flexibility index (Phi) is 4.63. The lowest BCUT2D eigenvalue weighted by Crippen LogP contribution is -2.40. The fourth-order valence-electron chi connectivity index (χ4n) is 1.71. The largest absolute Gasteiger partial charge is 0.328 e. The molecule has 0 atom stereocenters. The number of hydrogen-bond acceptors (Lipinski definition) is 2. The first-order valence-electron chi connectivity index (χ1n) is 5.18. The van der Waals surface area contributed by atoms with Gasteiger partial charge in [-0.2, -0.15) is 0 Å². The van der Waals surface area contributed by atoms with Crippen molar-refractivity contribution in [2.24, 2.45) is 5.73 Å². The number of allylic oxidation sites excluding steroid dienone is 2. The number of nitrogens with zero attached hydrogens (tertiary/aromatic N) is 1. The molecule has 0 aromatic rings. The van der Waals surface area contributed by atoms with Crippen molar-refractivity contribution in [3.05, 3.63) is 37.0 Å². The van der Waals surface area contributed by atoms with Crippen LogP contribution >= 0.6 is 0 Å². The molecule has 1 aliphatic heterocycles. The first kappa shape index (κ1) is 11.2. The molecular formula is C12H20N2. The monoisotopic (exact) mass is 192 g/mol. The van der Waals surface area contributed by atoms with Crippen LogP contribution in [0.5, 0.6) is 0 Å². The van der Waals surface area contributed by atoms with E-state index in [1.54, 1.807) is 0 Å². The third-order valence-corrected chi connectivity index (χ3v) is 2.63. The number of likely N-dealkylation sites (tertiary alicyclic amines) is 1. The van der Waals surface area contributed by atoms with Crippen molar-refractivity contribution in [3.8, 4) is 0 Å². The van der Waals surface area contributed by atoms with Gasteiger partial charge in [-0.1, -0.05) is 31.4 Å². The van der Waals surface area contributed by atoms with Crippen molar-refractivity contribution in [1.82, 2.24) is 4.90 Å². The predicted molar refractivity (Wildman–Crippen MR) is 62.1 cm³/mol.